The van der Waals surface area contributed by atoms with E-state index >= 15 is 0 Å². The summed E-state index contributed by atoms with van der Waals surface area (Å²) in [6, 6.07) is 4.32. The maximum absolute atomic E-state index is 13.5. The highest BCUT2D eigenvalue weighted by atomic mass is 79.9. The van der Waals surface area contributed by atoms with Crippen LogP contribution in [-0.2, 0) is 0 Å². The van der Waals surface area contributed by atoms with Gasteiger partial charge in [0.05, 0.1) is 5.56 Å². The molecule has 100 valence electrons. The topological polar surface area (TPSA) is 41.1 Å². The van der Waals surface area contributed by atoms with Crippen molar-refractivity contribution in [3.8, 4) is 0 Å². The van der Waals surface area contributed by atoms with Crippen molar-refractivity contribution >= 4 is 21.8 Å². The Kier molecular flexibility index (Phi) is 5.28. The van der Waals surface area contributed by atoms with Crippen LogP contribution >= 0.6 is 15.9 Å². The number of hydrogen-bond donors (Lipinski definition) is 2. The molecular weight excluding hydrogens is 299 g/mol. The fourth-order valence-corrected chi connectivity index (χ4v) is 1.99. The van der Waals surface area contributed by atoms with E-state index in [1.54, 1.807) is 6.07 Å². The summed E-state index contributed by atoms with van der Waals surface area (Å²) in [5, 5.41) is 5.81. The molecule has 0 saturated carbocycles. The SMILES string of the molecule is CNCC(C)(C)CNC(=O)c1cc(Br)ccc1F. The summed E-state index contributed by atoms with van der Waals surface area (Å²) in [5.41, 5.74) is -0.0166. The number of nitrogens with one attached hydrogen (secondary N) is 2. The van der Waals surface area contributed by atoms with Crippen LogP contribution in [0.1, 0.15) is 24.2 Å². The molecule has 1 amide bonds. The van der Waals surface area contributed by atoms with E-state index in [4.69, 9.17) is 0 Å². The van der Waals surface area contributed by atoms with E-state index in [0.29, 0.717) is 11.0 Å². The van der Waals surface area contributed by atoms with E-state index in [1.807, 2.05) is 20.9 Å². The van der Waals surface area contributed by atoms with E-state index in [1.165, 1.54) is 12.1 Å². The van der Waals surface area contributed by atoms with Gasteiger partial charge in [-0.2, -0.15) is 0 Å². The molecule has 1 aromatic carbocycles. The molecule has 0 aliphatic rings. The van der Waals surface area contributed by atoms with Crippen molar-refractivity contribution < 1.29 is 9.18 Å². The van der Waals surface area contributed by atoms with Crippen molar-refractivity contribution in [1.82, 2.24) is 10.6 Å². The van der Waals surface area contributed by atoms with Crippen LogP contribution < -0.4 is 10.6 Å². The average Bonchev–Trinajstić information content (AvgIpc) is 2.29. The van der Waals surface area contributed by atoms with Crippen LogP contribution in [0.15, 0.2) is 22.7 Å². The second-order valence-corrected chi connectivity index (χ2v) is 5.92. The fourth-order valence-electron chi connectivity index (χ4n) is 1.63. The van der Waals surface area contributed by atoms with E-state index < -0.39 is 11.7 Å². The van der Waals surface area contributed by atoms with Gasteiger partial charge in [0.1, 0.15) is 5.82 Å². The van der Waals surface area contributed by atoms with Crippen molar-refractivity contribution in [2.24, 2.45) is 5.41 Å². The van der Waals surface area contributed by atoms with Gasteiger partial charge in [-0.1, -0.05) is 29.8 Å². The van der Waals surface area contributed by atoms with Crippen LogP contribution in [0.25, 0.3) is 0 Å². The number of carbonyl (C=O) groups excluding carboxylic acids is 1. The van der Waals surface area contributed by atoms with Crippen molar-refractivity contribution in [2.75, 3.05) is 20.1 Å². The van der Waals surface area contributed by atoms with Gasteiger partial charge in [0.15, 0.2) is 0 Å². The van der Waals surface area contributed by atoms with Crippen molar-refractivity contribution in [1.29, 1.82) is 0 Å². The Balaban J connectivity index is 2.69. The minimum atomic E-state index is -0.512. The highest BCUT2D eigenvalue weighted by Gasteiger charge is 2.19. The molecule has 1 aromatic rings. The number of halogens is 2. The summed E-state index contributed by atoms with van der Waals surface area (Å²) in [6.45, 7) is 5.31. The highest BCUT2D eigenvalue weighted by molar-refractivity contribution is 9.10. The first-order valence-corrected chi connectivity index (χ1v) is 6.53. The summed E-state index contributed by atoms with van der Waals surface area (Å²) < 4.78 is 14.2. The number of amides is 1. The maximum Gasteiger partial charge on any atom is 0.254 e. The van der Waals surface area contributed by atoms with Crippen LogP contribution in [0.4, 0.5) is 4.39 Å². The molecule has 3 nitrogen and oxygen atoms in total. The van der Waals surface area contributed by atoms with Gasteiger partial charge < -0.3 is 10.6 Å². The van der Waals surface area contributed by atoms with Crippen molar-refractivity contribution in [3.63, 3.8) is 0 Å². The van der Waals surface area contributed by atoms with Gasteiger partial charge in [-0.05, 0) is 30.7 Å². The maximum atomic E-state index is 13.5. The summed E-state index contributed by atoms with van der Waals surface area (Å²) in [6.07, 6.45) is 0. The lowest BCUT2D eigenvalue weighted by Gasteiger charge is -2.24. The molecule has 0 saturated heterocycles. The van der Waals surface area contributed by atoms with Gasteiger partial charge in [-0.15, -0.1) is 0 Å². The predicted molar refractivity (Wildman–Crippen MR) is 74.1 cm³/mol. The first-order chi connectivity index (χ1) is 8.35. The molecule has 0 bridgehead atoms. The Hall–Kier alpha value is -0.940. The number of rotatable bonds is 5. The largest absolute Gasteiger partial charge is 0.351 e. The normalized spacial score (nSPS) is 11.4. The molecule has 0 spiro atoms. The first-order valence-electron chi connectivity index (χ1n) is 5.73. The molecule has 2 N–H and O–H groups in total. The van der Waals surface area contributed by atoms with Gasteiger partial charge in [0.2, 0.25) is 0 Å². The van der Waals surface area contributed by atoms with Gasteiger partial charge >= 0.3 is 0 Å². The Morgan fingerprint density at radius 2 is 2.06 bits per heavy atom. The summed E-state index contributed by atoms with van der Waals surface area (Å²) >= 11 is 3.22. The molecule has 0 atom stereocenters. The van der Waals surface area contributed by atoms with Gasteiger partial charge in [0, 0.05) is 17.6 Å². The summed E-state index contributed by atoms with van der Waals surface area (Å²) in [7, 11) is 1.86. The second-order valence-electron chi connectivity index (χ2n) is 5.00. The lowest BCUT2D eigenvalue weighted by Crippen LogP contribution is -2.39. The van der Waals surface area contributed by atoms with Crippen LogP contribution in [0.3, 0.4) is 0 Å². The summed E-state index contributed by atoms with van der Waals surface area (Å²) in [5.74, 6) is -0.903. The Morgan fingerprint density at radius 3 is 2.67 bits per heavy atom. The quantitative estimate of drug-likeness (QED) is 0.876. The molecule has 0 aliphatic heterocycles. The van der Waals surface area contributed by atoms with Crippen LogP contribution in [-0.4, -0.2) is 26.0 Å². The molecule has 0 fully saturated rings. The smallest absolute Gasteiger partial charge is 0.254 e. The van der Waals surface area contributed by atoms with Gasteiger partial charge in [-0.3, -0.25) is 4.79 Å². The summed E-state index contributed by atoms with van der Waals surface area (Å²) in [4.78, 5) is 11.9. The third-order valence-electron chi connectivity index (χ3n) is 2.56. The zero-order chi connectivity index (χ0) is 13.8. The number of hydrogen-bond acceptors (Lipinski definition) is 2. The Morgan fingerprint density at radius 1 is 1.39 bits per heavy atom. The Labute approximate surface area is 115 Å². The van der Waals surface area contributed by atoms with E-state index in [-0.39, 0.29) is 11.0 Å². The van der Waals surface area contributed by atoms with Crippen LogP contribution in [0, 0.1) is 11.2 Å². The molecule has 0 heterocycles. The number of carbonyl (C=O) groups is 1. The second kappa shape index (κ2) is 6.29. The first kappa shape index (κ1) is 15.1. The molecular formula is C13H18BrFN2O. The third-order valence-corrected chi connectivity index (χ3v) is 3.05. The van der Waals surface area contributed by atoms with Crippen LogP contribution in [0.2, 0.25) is 0 Å². The van der Waals surface area contributed by atoms with Crippen molar-refractivity contribution in [3.05, 3.63) is 34.1 Å². The fraction of sp³-hybridized carbons (Fsp3) is 0.462. The molecule has 0 radical (unpaired) electrons. The van der Waals surface area contributed by atoms with E-state index in [0.717, 1.165) is 6.54 Å². The van der Waals surface area contributed by atoms with Crippen molar-refractivity contribution in [2.45, 2.75) is 13.8 Å². The monoisotopic (exact) mass is 316 g/mol. The molecule has 1 rings (SSSR count). The number of benzene rings is 1. The van der Waals surface area contributed by atoms with Gasteiger partial charge in [0.25, 0.3) is 5.91 Å². The van der Waals surface area contributed by atoms with E-state index in [2.05, 4.69) is 26.6 Å². The minimum absolute atomic E-state index is 0.0598. The highest BCUT2D eigenvalue weighted by Crippen LogP contribution is 2.16. The van der Waals surface area contributed by atoms with Gasteiger partial charge in [-0.25, -0.2) is 4.39 Å². The lowest BCUT2D eigenvalue weighted by molar-refractivity contribution is 0.0932. The van der Waals surface area contributed by atoms with E-state index in [9.17, 15) is 9.18 Å². The predicted octanol–water partition coefficient (Wildman–Crippen LogP) is 2.56. The zero-order valence-electron chi connectivity index (χ0n) is 10.8. The molecule has 0 aliphatic carbocycles. The molecule has 18 heavy (non-hydrogen) atoms. The molecule has 0 unspecified atom stereocenters. The zero-order valence-corrected chi connectivity index (χ0v) is 12.4. The average molecular weight is 317 g/mol. The molecule has 5 heteroatoms. The minimum Gasteiger partial charge on any atom is -0.351 e. The van der Waals surface area contributed by atoms with Crippen LogP contribution in [0.5, 0.6) is 0 Å². The third kappa shape index (κ3) is 4.38. The Bertz CT molecular complexity index is 435. The standard InChI is InChI=1S/C13H18BrFN2O/c1-13(2,7-16-3)8-17-12(18)10-6-9(14)4-5-11(10)15/h4-6,16H,7-8H2,1-3H3,(H,17,18). The lowest BCUT2D eigenvalue weighted by atomic mass is 9.93. The molecule has 0 aromatic heterocycles.